The molecule has 0 unspecified atom stereocenters. The summed E-state index contributed by atoms with van der Waals surface area (Å²) < 4.78 is 5.64. The lowest BCUT2D eigenvalue weighted by Gasteiger charge is -2.18. The van der Waals surface area contributed by atoms with Crippen molar-refractivity contribution in [3.8, 4) is 5.75 Å². The summed E-state index contributed by atoms with van der Waals surface area (Å²) in [6.45, 7) is 0.791. The normalized spacial score (nSPS) is 10.7. The second kappa shape index (κ2) is 7.72. The van der Waals surface area contributed by atoms with Gasteiger partial charge in [-0.1, -0.05) is 47.5 Å². The van der Waals surface area contributed by atoms with E-state index in [0.29, 0.717) is 40.2 Å². The monoisotopic (exact) mass is 374 g/mol. The SMILES string of the molecule is CN(CCOc1cccc(Cl)c1)C(=O)c1cc(Cl)nc2ccccc12. The summed E-state index contributed by atoms with van der Waals surface area (Å²) in [6.07, 6.45) is 0. The minimum Gasteiger partial charge on any atom is -0.492 e. The highest BCUT2D eigenvalue weighted by molar-refractivity contribution is 6.31. The number of rotatable bonds is 5. The number of amides is 1. The molecule has 0 aliphatic carbocycles. The summed E-state index contributed by atoms with van der Waals surface area (Å²) in [4.78, 5) is 18.6. The Bertz CT molecular complexity index is 915. The first-order valence-corrected chi connectivity index (χ1v) is 8.49. The van der Waals surface area contributed by atoms with Gasteiger partial charge in [-0.15, -0.1) is 0 Å². The lowest BCUT2D eigenvalue weighted by Crippen LogP contribution is -2.31. The van der Waals surface area contributed by atoms with Crippen LogP contribution in [0.15, 0.2) is 54.6 Å². The van der Waals surface area contributed by atoms with Crippen LogP contribution in [0.4, 0.5) is 0 Å². The van der Waals surface area contributed by atoms with Crippen LogP contribution in [0.2, 0.25) is 10.2 Å². The van der Waals surface area contributed by atoms with Crippen molar-refractivity contribution < 1.29 is 9.53 Å². The molecule has 0 saturated carbocycles. The fourth-order valence-electron chi connectivity index (χ4n) is 2.48. The molecule has 3 aromatic rings. The van der Waals surface area contributed by atoms with Gasteiger partial charge < -0.3 is 9.64 Å². The minimum absolute atomic E-state index is 0.129. The van der Waals surface area contributed by atoms with Crippen LogP contribution in [0.3, 0.4) is 0 Å². The molecule has 6 heteroatoms. The quantitative estimate of drug-likeness (QED) is 0.608. The molecular weight excluding hydrogens is 359 g/mol. The van der Waals surface area contributed by atoms with E-state index in [2.05, 4.69) is 4.98 Å². The summed E-state index contributed by atoms with van der Waals surface area (Å²) in [5.41, 5.74) is 1.22. The van der Waals surface area contributed by atoms with Crippen LogP contribution < -0.4 is 4.74 Å². The molecule has 0 radical (unpaired) electrons. The van der Waals surface area contributed by atoms with Crippen LogP contribution in [-0.2, 0) is 0 Å². The van der Waals surface area contributed by atoms with Crippen molar-refractivity contribution >= 4 is 40.0 Å². The second-order valence-corrected chi connectivity index (χ2v) is 6.37. The first kappa shape index (κ1) is 17.5. The number of likely N-dealkylation sites (N-methyl/N-ethyl adjacent to an activating group) is 1. The van der Waals surface area contributed by atoms with Gasteiger partial charge in [-0.3, -0.25) is 4.79 Å². The third-order valence-electron chi connectivity index (χ3n) is 3.75. The highest BCUT2D eigenvalue weighted by Gasteiger charge is 2.16. The fraction of sp³-hybridized carbons (Fsp3) is 0.158. The summed E-state index contributed by atoms with van der Waals surface area (Å²) >= 11 is 12.0. The summed E-state index contributed by atoms with van der Waals surface area (Å²) in [5.74, 6) is 0.543. The van der Waals surface area contributed by atoms with Crippen molar-refractivity contribution in [2.24, 2.45) is 0 Å². The number of nitrogens with zero attached hydrogens (tertiary/aromatic N) is 2. The van der Waals surface area contributed by atoms with Crippen molar-refractivity contribution in [1.82, 2.24) is 9.88 Å². The molecule has 128 valence electrons. The largest absolute Gasteiger partial charge is 0.492 e. The zero-order valence-corrected chi connectivity index (χ0v) is 15.1. The Morgan fingerprint density at radius 3 is 2.72 bits per heavy atom. The number of aromatic nitrogens is 1. The number of carbonyl (C=O) groups is 1. The Morgan fingerprint density at radius 1 is 1.12 bits per heavy atom. The Labute approximate surface area is 155 Å². The standard InChI is InChI=1S/C19H16Cl2N2O2/c1-23(9-10-25-14-6-4-5-13(20)11-14)19(24)16-12-18(21)22-17-8-3-2-7-15(16)17/h2-8,11-12H,9-10H2,1H3. The number of carbonyl (C=O) groups excluding carboxylic acids is 1. The van der Waals surface area contributed by atoms with E-state index in [1.54, 1.807) is 30.1 Å². The van der Waals surface area contributed by atoms with E-state index in [-0.39, 0.29) is 5.91 Å². The maximum absolute atomic E-state index is 12.8. The first-order chi connectivity index (χ1) is 12.0. The van der Waals surface area contributed by atoms with E-state index in [0.717, 1.165) is 5.39 Å². The molecule has 0 bridgehead atoms. The minimum atomic E-state index is -0.129. The maximum atomic E-state index is 12.8. The lowest BCUT2D eigenvalue weighted by atomic mass is 10.1. The number of pyridine rings is 1. The van der Waals surface area contributed by atoms with Crippen LogP contribution in [0.5, 0.6) is 5.75 Å². The Balaban J connectivity index is 1.70. The molecule has 0 saturated heterocycles. The van der Waals surface area contributed by atoms with Gasteiger partial charge in [0.2, 0.25) is 0 Å². The van der Waals surface area contributed by atoms with Crippen LogP contribution >= 0.6 is 23.2 Å². The van der Waals surface area contributed by atoms with Gasteiger partial charge in [0.1, 0.15) is 17.5 Å². The van der Waals surface area contributed by atoms with Crippen LogP contribution in [0.25, 0.3) is 10.9 Å². The average Bonchev–Trinajstić information content (AvgIpc) is 2.60. The van der Waals surface area contributed by atoms with Crippen LogP contribution in [0.1, 0.15) is 10.4 Å². The molecule has 1 heterocycles. The molecule has 0 aliphatic heterocycles. The van der Waals surface area contributed by atoms with Crippen LogP contribution in [0, 0.1) is 0 Å². The molecule has 0 aliphatic rings. The van der Waals surface area contributed by atoms with Crippen molar-refractivity contribution in [2.75, 3.05) is 20.2 Å². The molecule has 0 atom stereocenters. The van der Waals surface area contributed by atoms with Crippen molar-refractivity contribution in [1.29, 1.82) is 0 Å². The van der Waals surface area contributed by atoms with Crippen molar-refractivity contribution in [3.63, 3.8) is 0 Å². The molecular formula is C19H16Cl2N2O2. The molecule has 1 amide bonds. The van der Waals surface area contributed by atoms with Crippen LogP contribution in [-0.4, -0.2) is 36.0 Å². The van der Waals surface area contributed by atoms with E-state index in [9.17, 15) is 4.79 Å². The molecule has 0 spiro atoms. The fourth-order valence-corrected chi connectivity index (χ4v) is 2.86. The number of hydrogen-bond acceptors (Lipinski definition) is 3. The van der Waals surface area contributed by atoms with Gasteiger partial charge in [0.15, 0.2) is 0 Å². The van der Waals surface area contributed by atoms with Crippen molar-refractivity contribution in [2.45, 2.75) is 0 Å². The number of benzene rings is 2. The summed E-state index contributed by atoms with van der Waals surface area (Å²) in [5, 5.41) is 1.69. The Hall–Kier alpha value is -2.30. The predicted molar refractivity (Wildman–Crippen MR) is 101 cm³/mol. The number of hydrogen-bond donors (Lipinski definition) is 0. The van der Waals surface area contributed by atoms with Gasteiger partial charge in [0.25, 0.3) is 5.91 Å². The predicted octanol–water partition coefficient (Wildman–Crippen LogP) is 4.69. The summed E-state index contributed by atoms with van der Waals surface area (Å²) in [6, 6.07) is 16.2. The number of ether oxygens (including phenoxy) is 1. The number of para-hydroxylation sites is 1. The van der Waals surface area contributed by atoms with E-state index in [4.69, 9.17) is 27.9 Å². The lowest BCUT2D eigenvalue weighted by molar-refractivity contribution is 0.0775. The molecule has 1 aromatic heterocycles. The van der Waals surface area contributed by atoms with Gasteiger partial charge in [0.05, 0.1) is 17.6 Å². The number of fused-ring (bicyclic) bond motifs is 1. The van der Waals surface area contributed by atoms with Crippen molar-refractivity contribution in [3.05, 3.63) is 70.3 Å². The molecule has 0 fully saturated rings. The second-order valence-electron chi connectivity index (χ2n) is 5.54. The third-order valence-corrected chi connectivity index (χ3v) is 4.18. The highest BCUT2D eigenvalue weighted by atomic mass is 35.5. The third kappa shape index (κ3) is 4.21. The molecule has 0 N–H and O–H groups in total. The topological polar surface area (TPSA) is 42.4 Å². The van der Waals surface area contributed by atoms with Gasteiger partial charge in [-0.25, -0.2) is 4.98 Å². The average molecular weight is 375 g/mol. The van der Waals surface area contributed by atoms with Gasteiger partial charge in [-0.2, -0.15) is 0 Å². The Kier molecular flexibility index (Phi) is 5.41. The molecule has 4 nitrogen and oxygen atoms in total. The molecule has 25 heavy (non-hydrogen) atoms. The highest BCUT2D eigenvalue weighted by Crippen LogP contribution is 2.22. The van der Waals surface area contributed by atoms with E-state index >= 15 is 0 Å². The van der Waals surface area contributed by atoms with E-state index in [1.165, 1.54) is 0 Å². The maximum Gasteiger partial charge on any atom is 0.254 e. The van der Waals surface area contributed by atoms with Gasteiger partial charge in [-0.05, 0) is 30.3 Å². The molecule has 2 aromatic carbocycles. The van der Waals surface area contributed by atoms with Gasteiger partial charge >= 0.3 is 0 Å². The van der Waals surface area contributed by atoms with Gasteiger partial charge in [0, 0.05) is 17.5 Å². The Morgan fingerprint density at radius 2 is 1.92 bits per heavy atom. The van der Waals surface area contributed by atoms with E-state index < -0.39 is 0 Å². The zero-order chi connectivity index (χ0) is 17.8. The smallest absolute Gasteiger partial charge is 0.254 e. The first-order valence-electron chi connectivity index (χ1n) is 7.74. The van der Waals surface area contributed by atoms with E-state index in [1.807, 2.05) is 36.4 Å². The zero-order valence-electron chi connectivity index (χ0n) is 13.6. The molecule has 3 rings (SSSR count). The summed E-state index contributed by atoms with van der Waals surface area (Å²) in [7, 11) is 1.73. The number of halogens is 2.